The first-order chi connectivity index (χ1) is 13.2. The van der Waals surface area contributed by atoms with Gasteiger partial charge in [-0.15, -0.1) is 10.2 Å². The average molecular weight is 408 g/mol. The number of nitrogens with one attached hydrogen (secondary N) is 1. The first kappa shape index (κ1) is 21.2. The largest absolute Gasteiger partial charge is 0.490 e. The molecule has 0 saturated carbocycles. The van der Waals surface area contributed by atoms with Crippen molar-refractivity contribution >= 4 is 40.2 Å². The summed E-state index contributed by atoms with van der Waals surface area (Å²) in [7, 11) is 0. The number of unbranched alkanes of at least 4 members (excludes halogenated alkanes) is 1. The first-order valence-corrected chi connectivity index (χ1v) is 10.8. The molecule has 0 radical (unpaired) electrons. The van der Waals surface area contributed by atoms with Crippen LogP contribution in [-0.2, 0) is 4.79 Å². The van der Waals surface area contributed by atoms with Gasteiger partial charge in [-0.1, -0.05) is 49.4 Å². The zero-order chi connectivity index (χ0) is 19.5. The number of hydrogen-bond donors (Lipinski definition) is 1. The Labute approximate surface area is 168 Å². The minimum atomic E-state index is -0.250. The second-order valence-electron chi connectivity index (χ2n) is 5.47. The molecule has 2 rings (SSSR count). The molecule has 0 fully saturated rings. The topological polar surface area (TPSA) is 73.3 Å². The number of aromatic nitrogens is 2. The molecular formula is C19H25N3O3S2. The third-order valence-corrected chi connectivity index (χ3v) is 5.21. The zero-order valence-electron chi connectivity index (χ0n) is 15.9. The van der Waals surface area contributed by atoms with E-state index in [-0.39, 0.29) is 5.91 Å². The highest BCUT2D eigenvalue weighted by molar-refractivity contribution is 8.01. The van der Waals surface area contributed by atoms with Gasteiger partial charge in [-0.25, -0.2) is 0 Å². The van der Waals surface area contributed by atoms with Crippen molar-refractivity contribution in [2.24, 2.45) is 0 Å². The van der Waals surface area contributed by atoms with Gasteiger partial charge in [0, 0.05) is 6.08 Å². The van der Waals surface area contributed by atoms with Gasteiger partial charge in [0.2, 0.25) is 11.0 Å². The van der Waals surface area contributed by atoms with Gasteiger partial charge >= 0.3 is 0 Å². The number of rotatable bonds is 11. The fourth-order valence-electron chi connectivity index (χ4n) is 2.10. The molecule has 1 heterocycles. The lowest BCUT2D eigenvalue weighted by Crippen LogP contribution is -2.07. The highest BCUT2D eigenvalue weighted by atomic mass is 32.2. The number of ether oxygens (including phenoxy) is 2. The lowest BCUT2D eigenvalue weighted by atomic mass is 10.2. The van der Waals surface area contributed by atoms with Gasteiger partial charge < -0.3 is 9.47 Å². The summed E-state index contributed by atoms with van der Waals surface area (Å²) in [6.45, 7) is 7.31. The Kier molecular flexibility index (Phi) is 9.13. The molecule has 0 aliphatic rings. The number of carbonyl (C=O) groups excluding carboxylic acids is 1. The van der Waals surface area contributed by atoms with Gasteiger partial charge in [-0.2, -0.15) is 0 Å². The Morgan fingerprint density at radius 3 is 2.81 bits per heavy atom. The summed E-state index contributed by atoms with van der Waals surface area (Å²) in [6.07, 6.45) is 5.28. The minimum absolute atomic E-state index is 0.250. The molecule has 2 aromatic rings. The monoisotopic (exact) mass is 407 g/mol. The van der Waals surface area contributed by atoms with Crippen molar-refractivity contribution in [3.63, 3.8) is 0 Å². The number of thioether (sulfide) groups is 1. The van der Waals surface area contributed by atoms with Crippen LogP contribution in [0.2, 0.25) is 0 Å². The van der Waals surface area contributed by atoms with E-state index in [1.807, 2.05) is 32.0 Å². The lowest BCUT2D eigenvalue weighted by Gasteiger charge is -2.12. The van der Waals surface area contributed by atoms with Crippen LogP contribution in [0, 0.1) is 0 Å². The number of carbonyl (C=O) groups is 1. The summed E-state index contributed by atoms with van der Waals surface area (Å²) in [5.74, 6) is 2.08. The molecule has 146 valence electrons. The Morgan fingerprint density at radius 1 is 1.22 bits per heavy atom. The van der Waals surface area contributed by atoms with Gasteiger partial charge in [-0.05, 0) is 42.9 Å². The van der Waals surface area contributed by atoms with Crippen LogP contribution in [0.4, 0.5) is 5.13 Å². The number of nitrogens with zero attached hydrogens (tertiary/aromatic N) is 2. The van der Waals surface area contributed by atoms with Gasteiger partial charge in [0.1, 0.15) is 0 Å². The Balaban J connectivity index is 1.99. The molecule has 0 aliphatic heterocycles. The van der Waals surface area contributed by atoms with E-state index in [1.54, 1.807) is 17.8 Å². The van der Waals surface area contributed by atoms with E-state index in [9.17, 15) is 4.79 Å². The molecule has 1 N–H and O–H groups in total. The molecule has 0 spiro atoms. The molecule has 8 heteroatoms. The van der Waals surface area contributed by atoms with E-state index in [4.69, 9.17) is 9.47 Å². The summed E-state index contributed by atoms with van der Waals surface area (Å²) in [6, 6.07) is 5.64. The maximum Gasteiger partial charge on any atom is 0.250 e. The van der Waals surface area contributed by atoms with Crippen molar-refractivity contribution in [3.05, 3.63) is 29.8 Å². The van der Waals surface area contributed by atoms with Crippen molar-refractivity contribution in [2.45, 2.75) is 38.0 Å². The smallest absolute Gasteiger partial charge is 0.250 e. The van der Waals surface area contributed by atoms with Gasteiger partial charge in [-0.3, -0.25) is 10.1 Å². The summed E-state index contributed by atoms with van der Waals surface area (Å²) >= 11 is 2.96. The molecule has 0 atom stereocenters. The van der Waals surface area contributed by atoms with Crippen LogP contribution < -0.4 is 14.8 Å². The maximum absolute atomic E-state index is 12.1. The van der Waals surface area contributed by atoms with Crippen molar-refractivity contribution < 1.29 is 14.3 Å². The summed E-state index contributed by atoms with van der Waals surface area (Å²) in [5.41, 5.74) is 0.857. The van der Waals surface area contributed by atoms with Gasteiger partial charge in [0.25, 0.3) is 0 Å². The first-order valence-electron chi connectivity index (χ1n) is 9.01. The number of hydrogen-bond acceptors (Lipinski definition) is 7. The molecular weight excluding hydrogens is 382 g/mol. The van der Waals surface area contributed by atoms with E-state index in [0.29, 0.717) is 24.1 Å². The van der Waals surface area contributed by atoms with Crippen molar-refractivity contribution in [2.75, 3.05) is 24.3 Å². The molecule has 0 unspecified atom stereocenters. The third-order valence-electron chi connectivity index (χ3n) is 3.35. The molecule has 27 heavy (non-hydrogen) atoms. The maximum atomic E-state index is 12.1. The van der Waals surface area contributed by atoms with Crippen LogP contribution in [0.3, 0.4) is 0 Å². The van der Waals surface area contributed by atoms with Gasteiger partial charge in [0.05, 0.1) is 13.2 Å². The van der Waals surface area contributed by atoms with Crippen molar-refractivity contribution in [1.29, 1.82) is 0 Å². The number of amides is 1. The average Bonchev–Trinajstić information content (AvgIpc) is 3.09. The van der Waals surface area contributed by atoms with Crippen LogP contribution in [0.5, 0.6) is 11.5 Å². The van der Waals surface area contributed by atoms with Crippen molar-refractivity contribution in [1.82, 2.24) is 10.2 Å². The van der Waals surface area contributed by atoms with E-state index in [0.717, 1.165) is 34.2 Å². The predicted octanol–water partition coefficient (Wildman–Crippen LogP) is 4.88. The highest BCUT2D eigenvalue weighted by Crippen LogP contribution is 2.29. The fraction of sp³-hybridized carbons (Fsp3) is 0.421. The van der Waals surface area contributed by atoms with E-state index >= 15 is 0 Å². The molecule has 6 nitrogen and oxygen atoms in total. The SMILES string of the molecule is CCCCOc1ccc(/C=C/C(=O)Nc2nnc(SCC)s2)cc1OCC. The molecule has 1 aromatic carbocycles. The second kappa shape index (κ2) is 11.6. The summed E-state index contributed by atoms with van der Waals surface area (Å²) in [4.78, 5) is 12.1. The number of anilines is 1. The molecule has 0 aliphatic carbocycles. The quantitative estimate of drug-likeness (QED) is 0.248. The highest BCUT2D eigenvalue weighted by Gasteiger charge is 2.08. The second-order valence-corrected chi connectivity index (χ2v) is 7.96. The lowest BCUT2D eigenvalue weighted by molar-refractivity contribution is -0.111. The zero-order valence-corrected chi connectivity index (χ0v) is 17.5. The molecule has 1 aromatic heterocycles. The van der Waals surface area contributed by atoms with E-state index < -0.39 is 0 Å². The summed E-state index contributed by atoms with van der Waals surface area (Å²) in [5, 5.41) is 11.2. The number of benzene rings is 1. The van der Waals surface area contributed by atoms with Crippen molar-refractivity contribution in [3.8, 4) is 11.5 Å². The molecule has 0 saturated heterocycles. The van der Waals surface area contributed by atoms with Crippen LogP contribution in [0.15, 0.2) is 28.6 Å². The van der Waals surface area contributed by atoms with Crippen LogP contribution in [0.1, 0.15) is 39.2 Å². The molecule has 1 amide bonds. The minimum Gasteiger partial charge on any atom is -0.490 e. The standard InChI is InChI=1S/C19H25N3O3S2/c1-4-7-12-25-15-10-8-14(13-16(15)24-5-2)9-11-17(23)20-18-21-22-19(27-18)26-6-3/h8-11,13H,4-7,12H2,1-3H3,(H,20,21,23)/b11-9+. The Morgan fingerprint density at radius 2 is 2.07 bits per heavy atom. The van der Waals surface area contributed by atoms with Crippen LogP contribution >= 0.6 is 23.1 Å². The third kappa shape index (κ3) is 7.22. The fourth-order valence-corrected chi connectivity index (χ4v) is 3.76. The predicted molar refractivity (Wildman–Crippen MR) is 112 cm³/mol. The normalized spacial score (nSPS) is 10.9. The van der Waals surface area contributed by atoms with Gasteiger partial charge in [0.15, 0.2) is 15.8 Å². The molecule has 0 bridgehead atoms. The van der Waals surface area contributed by atoms with Crippen LogP contribution in [0.25, 0.3) is 6.08 Å². The Hall–Kier alpha value is -2.06. The van der Waals surface area contributed by atoms with Crippen LogP contribution in [-0.4, -0.2) is 35.1 Å². The van der Waals surface area contributed by atoms with E-state index in [1.165, 1.54) is 17.4 Å². The summed E-state index contributed by atoms with van der Waals surface area (Å²) < 4.78 is 12.3. The Bertz CT molecular complexity index is 762. The van der Waals surface area contributed by atoms with E-state index in [2.05, 4.69) is 22.4 Å².